The Kier molecular flexibility index (Phi) is 3.94. The first-order chi connectivity index (χ1) is 10.2. The maximum Gasteiger partial charge on any atom is 0.133 e. The van der Waals surface area contributed by atoms with Gasteiger partial charge < -0.3 is 14.4 Å². The first-order valence-corrected chi connectivity index (χ1v) is 7.14. The van der Waals surface area contributed by atoms with Gasteiger partial charge in [0.15, 0.2) is 0 Å². The SMILES string of the molecule is COc1cccc([C@H]2C[C@@H](O)CN2Cc2cc(C)on2)c1. The van der Waals surface area contributed by atoms with E-state index < -0.39 is 0 Å². The molecule has 21 heavy (non-hydrogen) atoms. The molecule has 1 fully saturated rings. The van der Waals surface area contributed by atoms with Crippen LogP contribution in [-0.2, 0) is 6.54 Å². The Balaban J connectivity index is 1.81. The summed E-state index contributed by atoms with van der Waals surface area (Å²) in [6.07, 6.45) is 0.415. The number of aliphatic hydroxyl groups excluding tert-OH is 1. The van der Waals surface area contributed by atoms with Crippen LogP contribution >= 0.6 is 0 Å². The fourth-order valence-electron chi connectivity index (χ4n) is 2.95. The molecule has 3 rings (SSSR count). The average Bonchev–Trinajstić information content (AvgIpc) is 3.05. The first kappa shape index (κ1) is 14.1. The number of ether oxygens (including phenoxy) is 1. The van der Waals surface area contributed by atoms with E-state index in [4.69, 9.17) is 9.26 Å². The number of likely N-dealkylation sites (tertiary alicyclic amines) is 1. The fourth-order valence-corrected chi connectivity index (χ4v) is 2.95. The minimum atomic E-state index is -0.311. The van der Waals surface area contributed by atoms with Crippen molar-refractivity contribution in [2.45, 2.75) is 32.0 Å². The van der Waals surface area contributed by atoms with Crippen LogP contribution in [0.25, 0.3) is 0 Å². The molecule has 5 heteroatoms. The van der Waals surface area contributed by atoms with Gasteiger partial charge in [0.1, 0.15) is 11.5 Å². The van der Waals surface area contributed by atoms with Gasteiger partial charge in [0.25, 0.3) is 0 Å². The number of aliphatic hydroxyl groups is 1. The normalized spacial score (nSPS) is 22.6. The second kappa shape index (κ2) is 5.87. The van der Waals surface area contributed by atoms with Gasteiger partial charge >= 0.3 is 0 Å². The summed E-state index contributed by atoms with van der Waals surface area (Å²) in [6.45, 7) is 3.21. The molecule has 1 aliphatic rings. The Morgan fingerprint density at radius 3 is 3.00 bits per heavy atom. The van der Waals surface area contributed by atoms with Crippen molar-refractivity contribution in [1.82, 2.24) is 10.1 Å². The first-order valence-electron chi connectivity index (χ1n) is 7.14. The van der Waals surface area contributed by atoms with Crippen molar-refractivity contribution in [1.29, 1.82) is 0 Å². The van der Waals surface area contributed by atoms with Crippen molar-refractivity contribution >= 4 is 0 Å². The molecule has 0 spiro atoms. The molecule has 112 valence electrons. The van der Waals surface area contributed by atoms with Crippen LogP contribution < -0.4 is 4.74 Å². The zero-order chi connectivity index (χ0) is 14.8. The molecular weight excluding hydrogens is 268 g/mol. The standard InChI is InChI=1S/C16H20N2O3/c1-11-6-13(17-21-11)9-18-10-14(19)8-16(18)12-4-3-5-15(7-12)20-2/h3-7,14,16,19H,8-10H2,1-2H3/t14-,16-/m1/s1. The van der Waals surface area contributed by atoms with E-state index in [0.717, 1.165) is 29.2 Å². The lowest BCUT2D eigenvalue weighted by atomic mass is 10.0. The molecule has 5 nitrogen and oxygen atoms in total. The summed E-state index contributed by atoms with van der Waals surface area (Å²) in [6, 6.07) is 10.1. The monoisotopic (exact) mass is 288 g/mol. The molecule has 1 N–H and O–H groups in total. The molecule has 0 bridgehead atoms. The molecule has 0 aliphatic carbocycles. The van der Waals surface area contributed by atoms with Crippen molar-refractivity contribution < 1.29 is 14.4 Å². The lowest BCUT2D eigenvalue weighted by molar-refractivity contribution is 0.171. The summed E-state index contributed by atoms with van der Waals surface area (Å²) in [5.41, 5.74) is 2.06. The van der Waals surface area contributed by atoms with Crippen LogP contribution in [-0.4, -0.2) is 34.9 Å². The van der Waals surface area contributed by atoms with Crippen LogP contribution in [0.5, 0.6) is 5.75 Å². The predicted octanol–water partition coefficient (Wildman–Crippen LogP) is 2.30. The van der Waals surface area contributed by atoms with Crippen molar-refractivity contribution in [2.75, 3.05) is 13.7 Å². The Hall–Kier alpha value is -1.85. The number of methoxy groups -OCH3 is 1. The van der Waals surface area contributed by atoms with Crippen LogP contribution in [0.3, 0.4) is 0 Å². The second-order valence-electron chi connectivity index (χ2n) is 5.54. The van der Waals surface area contributed by atoms with Gasteiger partial charge in [-0.1, -0.05) is 17.3 Å². The highest BCUT2D eigenvalue weighted by Crippen LogP contribution is 2.34. The van der Waals surface area contributed by atoms with Gasteiger partial charge in [-0.2, -0.15) is 0 Å². The number of β-amino-alcohol motifs (C(OH)–C–C–N with tert-alkyl or cyclic N) is 1. The van der Waals surface area contributed by atoms with Crippen molar-refractivity contribution in [3.05, 3.63) is 47.3 Å². The predicted molar refractivity (Wildman–Crippen MR) is 78.0 cm³/mol. The molecule has 2 aromatic rings. The lowest BCUT2D eigenvalue weighted by Crippen LogP contribution is -2.24. The number of rotatable bonds is 4. The molecule has 1 aromatic heterocycles. The van der Waals surface area contributed by atoms with E-state index in [1.807, 2.05) is 31.2 Å². The van der Waals surface area contributed by atoms with E-state index >= 15 is 0 Å². The van der Waals surface area contributed by atoms with Crippen molar-refractivity contribution in [3.8, 4) is 5.75 Å². The second-order valence-corrected chi connectivity index (χ2v) is 5.54. The smallest absolute Gasteiger partial charge is 0.133 e. The van der Waals surface area contributed by atoms with Gasteiger partial charge in [-0.15, -0.1) is 0 Å². The summed E-state index contributed by atoms with van der Waals surface area (Å²) in [5, 5.41) is 14.1. The number of benzene rings is 1. The van der Waals surface area contributed by atoms with Gasteiger partial charge in [0.05, 0.1) is 18.9 Å². The molecule has 2 atom stereocenters. The van der Waals surface area contributed by atoms with Crippen LogP contribution in [0.1, 0.15) is 29.5 Å². The van der Waals surface area contributed by atoms with Gasteiger partial charge in [0, 0.05) is 25.2 Å². The summed E-state index contributed by atoms with van der Waals surface area (Å²) < 4.78 is 10.4. The molecule has 0 amide bonds. The highest BCUT2D eigenvalue weighted by Gasteiger charge is 2.32. The topological polar surface area (TPSA) is 58.7 Å². The van der Waals surface area contributed by atoms with Crippen molar-refractivity contribution in [2.24, 2.45) is 0 Å². The third-order valence-electron chi connectivity index (χ3n) is 3.90. The lowest BCUT2D eigenvalue weighted by Gasteiger charge is -2.23. The Morgan fingerprint density at radius 1 is 1.43 bits per heavy atom. The van der Waals surface area contributed by atoms with E-state index in [9.17, 15) is 5.11 Å². The third kappa shape index (κ3) is 3.09. The molecule has 0 saturated carbocycles. The van der Waals surface area contributed by atoms with Gasteiger partial charge in [-0.05, 0) is 31.0 Å². The molecule has 0 unspecified atom stereocenters. The summed E-state index contributed by atoms with van der Waals surface area (Å²) in [7, 11) is 1.67. The van der Waals surface area contributed by atoms with E-state index in [-0.39, 0.29) is 12.1 Å². The van der Waals surface area contributed by atoms with E-state index in [0.29, 0.717) is 13.1 Å². The van der Waals surface area contributed by atoms with Crippen LogP contribution in [0.4, 0.5) is 0 Å². The number of aryl methyl sites for hydroxylation is 1. The summed E-state index contributed by atoms with van der Waals surface area (Å²) in [4.78, 5) is 2.23. The van der Waals surface area contributed by atoms with E-state index in [1.165, 1.54) is 0 Å². The number of nitrogens with zero attached hydrogens (tertiary/aromatic N) is 2. The molecule has 1 saturated heterocycles. The average molecular weight is 288 g/mol. The van der Waals surface area contributed by atoms with Gasteiger partial charge in [-0.25, -0.2) is 0 Å². The Labute approximate surface area is 124 Å². The maximum atomic E-state index is 10.0. The van der Waals surface area contributed by atoms with Gasteiger partial charge in [-0.3, -0.25) is 4.90 Å². The molecule has 2 heterocycles. The van der Waals surface area contributed by atoms with Crippen LogP contribution in [0, 0.1) is 6.92 Å². The maximum absolute atomic E-state index is 10.0. The van der Waals surface area contributed by atoms with Crippen LogP contribution in [0.2, 0.25) is 0 Å². The quantitative estimate of drug-likeness (QED) is 0.935. The van der Waals surface area contributed by atoms with E-state index in [2.05, 4.69) is 16.1 Å². The number of aromatic nitrogens is 1. The third-order valence-corrected chi connectivity index (χ3v) is 3.90. The molecular formula is C16H20N2O3. The fraction of sp³-hybridized carbons (Fsp3) is 0.438. The summed E-state index contributed by atoms with van der Waals surface area (Å²) in [5.74, 6) is 1.65. The van der Waals surface area contributed by atoms with Gasteiger partial charge in [0.2, 0.25) is 0 Å². The minimum absolute atomic E-state index is 0.173. The Bertz CT molecular complexity index is 611. The molecule has 1 aromatic carbocycles. The largest absolute Gasteiger partial charge is 0.497 e. The number of hydrogen-bond donors (Lipinski definition) is 1. The molecule has 1 aliphatic heterocycles. The number of hydrogen-bond acceptors (Lipinski definition) is 5. The minimum Gasteiger partial charge on any atom is -0.497 e. The van der Waals surface area contributed by atoms with E-state index in [1.54, 1.807) is 7.11 Å². The molecule has 0 radical (unpaired) electrons. The highest BCUT2D eigenvalue weighted by molar-refractivity contribution is 5.31. The Morgan fingerprint density at radius 2 is 2.29 bits per heavy atom. The zero-order valence-corrected chi connectivity index (χ0v) is 12.3. The van der Waals surface area contributed by atoms with Crippen molar-refractivity contribution in [3.63, 3.8) is 0 Å². The summed E-state index contributed by atoms with van der Waals surface area (Å²) >= 11 is 0. The highest BCUT2D eigenvalue weighted by atomic mass is 16.5. The van der Waals surface area contributed by atoms with Crippen LogP contribution in [0.15, 0.2) is 34.9 Å². The zero-order valence-electron chi connectivity index (χ0n) is 12.3.